The monoisotopic (exact) mass is 495 g/mol. The summed E-state index contributed by atoms with van der Waals surface area (Å²) in [6, 6.07) is 8.00. The smallest absolute Gasteiger partial charge is 0.368 e. The number of nitrogens with one attached hydrogen (secondary N) is 2. The van der Waals surface area contributed by atoms with Gasteiger partial charge in [0.15, 0.2) is 0 Å². The summed E-state index contributed by atoms with van der Waals surface area (Å²) in [4.78, 5) is 23.1. The van der Waals surface area contributed by atoms with Crippen LogP contribution in [0.1, 0.15) is 5.56 Å². The summed E-state index contributed by atoms with van der Waals surface area (Å²) in [5, 5.41) is 4.01. The number of carbonyl (C=O) groups excluding carboxylic acids is 1. The first-order valence-corrected chi connectivity index (χ1v) is 9.80. The average Bonchev–Trinajstić information content (AvgIpc) is 3.20. The van der Waals surface area contributed by atoms with Crippen molar-refractivity contribution in [3.63, 3.8) is 0 Å². The topological polar surface area (TPSA) is 110 Å². The van der Waals surface area contributed by atoms with Gasteiger partial charge in [0, 0.05) is 29.2 Å². The molecule has 0 aliphatic rings. The molecule has 4 N–H and O–H groups in total. The molecule has 3 heterocycles. The number of amides is 2. The Balaban J connectivity index is 1.64. The number of benzene rings is 1. The van der Waals surface area contributed by atoms with E-state index in [4.69, 9.17) is 5.73 Å². The van der Waals surface area contributed by atoms with Crippen molar-refractivity contribution in [3.05, 3.63) is 60.6 Å². The van der Waals surface area contributed by atoms with Crippen LogP contribution in [-0.4, -0.2) is 38.1 Å². The molecular formula is C21H15F6N7O. The first kappa shape index (κ1) is 23.8. The number of imidazole rings is 1. The number of urea groups is 1. The summed E-state index contributed by atoms with van der Waals surface area (Å²) >= 11 is 0. The highest BCUT2D eigenvalue weighted by Crippen LogP contribution is 2.36. The molecular weight excluding hydrogens is 480 g/mol. The number of nitrogens with two attached hydrogens (primary N) is 1. The molecule has 35 heavy (non-hydrogen) atoms. The number of nitrogen functional groups attached to an aromatic ring is 1. The largest absolute Gasteiger partial charge is 0.419 e. The highest BCUT2D eigenvalue weighted by Gasteiger charge is 2.35. The van der Waals surface area contributed by atoms with Crippen LogP contribution in [0.4, 0.5) is 42.8 Å². The summed E-state index contributed by atoms with van der Waals surface area (Å²) in [6.07, 6.45) is -5.69. The van der Waals surface area contributed by atoms with Crippen LogP contribution in [0.2, 0.25) is 0 Å². The quantitative estimate of drug-likeness (QED) is 0.354. The maximum absolute atomic E-state index is 13.4. The Kier molecular flexibility index (Phi) is 5.96. The summed E-state index contributed by atoms with van der Waals surface area (Å²) in [7, 11) is 0. The van der Waals surface area contributed by atoms with Gasteiger partial charge in [-0.15, -0.1) is 0 Å². The molecule has 0 saturated carbocycles. The molecule has 14 heteroatoms. The predicted molar refractivity (Wildman–Crippen MR) is 114 cm³/mol. The van der Waals surface area contributed by atoms with Crippen molar-refractivity contribution < 1.29 is 31.1 Å². The predicted octanol–water partition coefficient (Wildman–Crippen LogP) is 4.74. The lowest BCUT2D eigenvalue weighted by Crippen LogP contribution is -2.36. The molecule has 2 amide bonds. The summed E-state index contributed by atoms with van der Waals surface area (Å²) in [5.41, 5.74) is 5.74. The van der Waals surface area contributed by atoms with Crippen LogP contribution >= 0.6 is 0 Å². The molecule has 3 aromatic heterocycles. The van der Waals surface area contributed by atoms with E-state index in [-0.39, 0.29) is 17.2 Å². The van der Waals surface area contributed by atoms with Gasteiger partial charge in [-0.3, -0.25) is 4.40 Å². The van der Waals surface area contributed by atoms with Gasteiger partial charge in [-0.2, -0.15) is 26.3 Å². The lowest BCUT2D eigenvalue weighted by atomic mass is 10.1. The second-order valence-electron chi connectivity index (χ2n) is 7.28. The van der Waals surface area contributed by atoms with E-state index in [2.05, 4.69) is 20.3 Å². The fraction of sp³-hybridized carbons (Fsp3) is 0.143. The lowest BCUT2D eigenvalue weighted by molar-refractivity contribution is -0.137. The molecule has 0 spiro atoms. The number of pyridine rings is 1. The van der Waals surface area contributed by atoms with Gasteiger partial charge in [-0.1, -0.05) is 12.1 Å². The molecule has 0 atom stereocenters. The van der Waals surface area contributed by atoms with E-state index in [9.17, 15) is 31.1 Å². The van der Waals surface area contributed by atoms with Gasteiger partial charge < -0.3 is 16.4 Å². The lowest BCUT2D eigenvalue weighted by Gasteiger charge is -2.12. The molecule has 0 aliphatic heterocycles. The first-order chi connectivity index (χ1) is 16.4. The second kappa shape index (κ2) is 8.77. The highest BCUT2D eigenvalue weighted by molar-refractivity contribution is 5.90. The number of nitrogens with zero attached hydrogens (tertiary/aromatic N) is 4. The zero-order valence-corrected chi connectivity index (χ0v) is 17.4. The van der Waals surface area contributed by atoms with Gasteiger partial charge in [0.25, 0.3) is 0 Å². The first-order valence-electron chi connectivity index (χ1n) is 9.80. The number of aromatic nitrogens is 4. The Morgan fingerprint density at radius 1 is 1.00 bits per heavy atom. The molecule has 4 rings (SSSR count). The van der Waals surface area contributed by atoms with Crippen LogP contribution < -0.4 is 16.4 Å². The maximum Gasteiger partial charge on any atom is 0.419 e. The maximum atomic E-state index is 13.4. The van der Waals surface area contributed by atoms with E-state index in [0.717, 1.165) is 0 Å². The molecule has 0 radical (unpaired) electrons. The molecule has 182 valence electrons. The zero-order valence-electron chi connectivity index (χ0n) is 17.4. The Morgan fingerprint density at radius 2 is 1.77 bits per heavy atom. The van der Waals surface area contributed by atoms with Crippen LogP contribution in [0, 0.1) is 0 Å². The molecule has 0 saturated heterocycles. The van der Waals surface area contributed by atoms with Crippen molar-refractivity contribution in [1.29, 1.82) is 0 Å². The molecule has 0 bridgehead atoms. The Labute approximate surface area is 192 Å². The van der Waals surface area contributed by atoms with E-state index in [0.29, 0.717) is 23.1 Å². The minimum Gasteiger partial charge on any atom is -0.368 e. The number of rotatable bonds is 4. The van der Waals surface area contributed by atoms with Crippen LogP contribution in [0.15, 0.2) is 55.0 Å². The minimum atomic E-state index is -4.70. The highest BCUT2D eigenvalue weighted by atomic mass is 19.4. The third kappa shape index (κ3) is 5.42. The molecule has 0 fully saturated rings. The minimum absolute atomic E-state index is 0.118. The second-order valence-corrected chi connectivity index (χ2v) is 7.28. The SMILES string of the molecule is Nc1ncc(C(F)(F)F)c(-c2ccn3c(-c4cccc(NC(=O)NCC(F)(F)F)c4)cnc3c2)n1. The van der Waals surface area contributed by atoms with Gasteiger partial charge in [0.1, 0.15) is 17.8 Å². The van der Waals surface area contributed by atoms with E-state index in [1.807, 2.05) is 0 Å². The van der Waals surface area contributed by atoms with Crippen LogP contribution in [0.3, 0.4) is 0 Å². The van der Waals surface area contributed by atoms with Gasteiger partial charge >= 0.3 is 18.4 Å². The number of carbonyl (C=O) groups is 1. The van der Waals surface area contributed by atoms with Crippen molar-refractivity contribution in [2.75, 3.05) is 17.6 Å². The van der Waals surface area contributed by atoms with Crippen LogP contribution in [0.25, 0.3) is 28.2 Å². The van der Waals surface area contributed by atoms with E-state index >= 15 is 0 Å². The number of hydrogen-bond acceptors (Lipinski definition) is 5. The molecule has 8 nitrogen and oxygen atoms in total. The van der Waals surface area contributed by atoms with Crippen molar-refractivity contribution in [3.8, 4) is 22.5 Å². The van der Waals surface area contributed by atoms with Gasteiger partial charge in [-0.25, -0.2) is 19.7 Å². The fourth-order valence-corrected chi connectivity index (χ4v) is 3.28. The number of fused-ring (bicyclic) bond motifs is 1. The summed E-state index contributed by atoms with van der Waals surface area (Å²) in [5.74, 6) is -0.319. The number of anilines is 2. The summed E-state index contributed by atoms with van der Waals surface area (Å²) in [6.45, 7) is -1.48. The van der Waals surface area contributed by atoms with Crippen LogP contribution in [-0.2, 0) is 6.18 Å². The molecule has 0 aliphatic carbocycles. The molecule has 0 unspecified atom stereocenters. The van der Waals surface area contributed by atoms with E-state index in [1.54, 1.807) is 21.9 Å². The summed E-state index contributed by atoms with van der Waals surface area (Å²) < 4.78 is 78.6. The van der Waals surface area contributed by atoms with Gasteiger partial charge in [-0.05, 0) is 24.3 Å². The van der Waals surface area contributed by atoms with Crippen molar-refractivity contribution in [2.24, 2.45) is 0 Å². The molecule has 1 aromatic carbocycles. The number of halogens is 6. The number of hydrogen-bond donors (Lipinski definition) is 3. The Morgan fingerprint density at radius 3 is 2.49 bits per heavy atom. The standard InChI is InChI=1S/C21H15F6N7O/c22-20(23,24)10-31-19(35)32-13-3-1-2-11(6-13)15-9-29-16-7-12(4-5-34(15)16)17-14(21(25,26)27)8-30-18(28)33-17/h1-9H,10H2,(H2,28,30,33)(H2,31,32,35). The molecule has 4 aromatic rings. The van der Waals surface area contributed by atoms with Gasteiger partial charge in [0.05, 0.1) is 17.6 Å². The Hall–Kier alpha value is -4.36. The van der Waals surface area contributed by atoms with Crippen molar-refractivity contribution in [1.82, 2.24) is 24.7 Å². The third-order valence-corrected chi connectivity index (χ3v) is 4.77. The third-order valence-electron chi connectivity index (χ3n) is 4.77. The van der Waals surface area contributed by atoms with Gasteiger partial charge in [0.2, 0.25) is 5.95 Å². The normalized spacial score (nSPS) is 12.1. The fourth-order valence-electron chi connectivity index (χ4n) is 3.28. The van der Waals surface area contributed by atoms with Crippen molar-refractivity contribution >= 4 is 23.3 Å². The van der Waals surface area contributed by atoms with Crippen molar-refractivity contribution in [2.45, 2.75) is 12.4 Å². The zero-order chi connectivity index (χ0) is 25.4. The van der Waals surface area contributed by atoms with E-state index < -0.39 is 36.2 Å². The van der Waals surface area contributed by atoms with E-state index in [1.165, 1.54) is 36.7 Å². The average molecular weight is 495 g/mol. The Bertz CT molecular complexity index is 1400. The van der Waals surface area contributed by atoms with Crippen LogP contribution in [0.5, 0.6) is 0 Å². The number of alkyl halides is 6.